The minimum absolute atomic E-state index is 0.100. The van der Waals surface area contributed by atoms with E-state index in [1.807, 2.05) is 18.2 Å². The highest BCUT2D eigenvalue weighted by molar-refractivity contribution is 6.42. The number of nitrogens with zero attached hydrogens (tertiary/aromatic N) is 1. The predicted molar refractivity (Wildman–Crippen MR) is 93.3 cm³/mol. The van der Waals surface area contributed by atoms with Gasteiger partial charge in [-0.1, -0.05) is 29.3 Å². The van der Waals surface area contributed by atoms with Gasteiger partial charge in [0.15, 0.2) is 11.5 Å². The van der Waals surface area contributed by atoms with E-state index in [-0.39, 0.29) is 18.6 Å². The summed E-state index contributed by atoms with van der Waals surface area (Å²) in [5.41, 5.74) is 1.79. The molecule has 0 unspecified atom stereocenters. The fourth-order valence-corrected chi connectivity index (χ4v) is 3.74. The van der Waals surface area contributed by atoms with Crippen molar-refractivity contribution in [1.29, 1.82) is 0 Å². The number of benzene rings is 2. The Hall–Kier alpha value is -1.62. The van der Waals surface area contributed by atoms with Gasteiger partial charge in [0.05, 0.1) is 16.1 Å². The Morgan fingerprint density at radius 2 is 1.67 bits per heavy atom. The van der Waals surface area contributed by atoms with Crippen molar-refractivity contribution in [3.8, 4) is 17.2 Å². The first-order chi connectivity index (χ1) is 11.6. The van der Waals surface area contributed by atoms with Crippen LogP contribution in [0.15, 0.2) is 30.3 Å². The molecule has 1 atom stereocenters. The molecule has 0 amide bonds. The minimum atomic E-state index is -0.100. The van der Waals surface area contributed by atoms with Gasteiger partial charge in [-0.05, 0) is 49.7 Å². The van der Waals surface area contributed by atoms with E-state index < -0.39 is 0 Å². The Bertz CT molecular complexity index is 775. The largest absolute Gasteiger partial charge is 0.507 e. The summed E-state index contributed by atoms with van der Waals surface area (Å²) in [6, 6.07) is 9.02. The zero-order valence-electron chi connectivity index (χ0n) is 13.0. The van der Waals surface area contributed by atoms with Gasteiger partial charge < -0.3 is 14.6 Å². The maximum absolute atomic E-state index is 10.6. The highest BCUT2D eigenvalue weighted by atomic mass is 35.5. The smallest absolute Gasteiger partial charge is 0.231 e. The predicted octanol–water partition coefficient (Wildman–Crippen LogP) is 4.61. The van der Waals surface area contributed by atoms with Gasteiger partial charge in [-0.15, -0.1) is 0 Å². The van der Waals surface area contributed by atoms with Crippen molar-refractivity contribution >= 4 is 23.2 Å². The molecule has 0 aromatic heterocycles. The van der Waals surface area contributed by atoms with Crippen molar-refractivity contribution in [1.82, 2.24) is 4.90 Å². The molecule has 2 aromatic rings. The fraction of sp³-hybridized carbons (Fsp3) is 0.333. The number of ether oxygens (including phenoxy) is 2. The number of phenolic OH excluding ortho intramolecular Hbond substituents is 1. The molecule has 2 heterocycles. The van der Waals surface area contributed by atoms with Crippen molar-refractivity contribution in [2.45, 2.75) is 18.9 Å². The Balaban J connectivity index is 1.82. The highest BCUT2D eigenvalue weighted by Crippen LogP contribution is 2.44. The third kappa shape index (κ3) is 2.79. The number of halogens is 2. The van der Waals surface area contributed by atoms with Crippen LogP contribution in [-0.2, 0) is 0 Å². The number of aromatic hydroxyl groups is 1. The Morgan fingerprint density at radius 3 is 2.38 bits per heavy atom. The normalized spacial score (nSPS) is 18.1. The van der Waals surface area contributed by atoms with Crippen LogP contribution < -0.4 is 9.47 Å². The molecule has 0 saturated carbocycles. The van der Waals surface area contributed by atoms with Gasteiger partial charge >= 0.3 is 0 Å². The second-order valence-electron chi connectivity index (χ2n) is 6.08. The molecule has 2 aliphatic rings. The lowest BCUT2D eigenvalue weighted by Crippen LogP contribution is -2.26. The van der Waals surface area contributed by atoms with E-state index in [2.05, 4.69) is 4.90 Å². The van der Waals surface area contributed by atoms with Crippen LogP contribution in [0.4, 0.5) is 0 Å². The summed E-state index contributed by atoms with van der Waals surface area (Å²) in [6.07, 6.45) is 2.28. The van der Waals surface area contributed by atoms with Crippen molar-refractivity contribution in [2.24, 2.45) is 0 Å². The van der Waals surface area contributed by atoms with Crippen LogP contribution in [-0.4, -0.2) is 29.9 Å². The number of rotatable bonds is 3. The number of fused-ring (bicyclic) bond motifs is 1. The Labute approximate surface area is 150 Å². The zero-order valence-corrected chi connectivity index (χ0v) is 14.5. The van der Waals surface area contributed by atoms with E-state index in [4.69, 9.17) is 32.7 Å². The van der Waals surface area contributed by atoms with Crippen LogP contribution in [0.5, 0.6) is 17.2 Å². The first kappa shape index (κ1) is 15.9. The van der Waals surface area contributed by atoms with Crippen LogP contribution in [0, 0.1) is 0 Å². The Morgan fingerprint density at radius 1 is 0.958 bits per heavy atom. The molecule has 2 aliphatic heterocycles. The SMILES string of the molecule is Oc1cc2c(cc1[C@H](c1ccc(Cl)c(Cl)c1)N1CCCC1)OCO2. The van der Waals surface area contributed by atoms with Crippen molar-refractivity contribution in [2.75, 3.05) is 19.9 Å². The van der Waals surface area contributed by atoms with Gasteiger partial charge in [0.25, 0.3) is 0 Å². The maximum atomic E-state index is 10.6. The van der Waals surface area contributed by atoms with Crippen molar-refractivity contribution in [3.63, 3.8) is 0 Å². The van der Waals surface area contributed by atoms with Crippen LogP contribution in [0.25, 0.3) is 0 Å². The van der Waals surface area contributed by atoms with Gasteiger partial charge in [0.2, 0.25) is 6.79 Å². The molecule has 4 rings (SSSR count). The lowest BCUT2D eigenvalue weighted by atomic mass is 9.96. The highest BCUT2D eigenvalue weighted by Gasteiger charge is 2.30. The van der Waals surface area contributed by atoms with Gasteiger partial charge in [0, 0.05) is 11.6 Å². The van der Waals surface area contributed by atoms with E-state index in [1.54, 1.807) is 12.1 Å². The molecule has 4 nitrogen and oxygen atoms in total. The summed E-state index contributed by atoms with van der Waals surface area (Å²) >= 11 is 12.3. The maximum Gasteiger partial charge on any atom is 0.231 e. The Kier molecular flexibility index (Phi) is 4.21. The summed E-state index contributed by atoms with van der Waals surface area (Å²) in [4.78, 5) is 2.34. The average molecular weight is 366 g/mol. The topological polar surface area (TPSA) is 41.9 Å². The lowest BCUT2D eigenvalue weighted by Gasteiger charge is -2.29. The summed E-state index contributed by atoms with van der Waals surface area (Å²) in [5, 5.41) is 11.6. The number of hydrogen-bond donors (Lipinski definition) is 1. The third-order valence-electron chi connectivity index (χ3n) is 4.58. The van der Waals surface area contributed by atoms with Crippen LogP contribution >= 0.6 is 23.2 Å². The number of phenols is 1. The molecule has 0 radical (unpaired) electrons. The summed E-state index contributed by atoms with van der Waals surface area (Å²) in [6.45, 7) is 2.12. The molecule has 126 valence electrons. The van der Waals surface area contributed by atoms with E-state index in [1.165, 1.54) is 0 Å². The van der Waals surface area contributed by atoms with Crippen LogP contribution in [0.2, 0.25) is 10.0 Å². The minimum Gasteiger partial charge on any atom is -0.507 e. The average Bonchev–Trinajstić information content (AvgIpc) is 3.23. The quantitative estimate of drug-likeness (QED) is 0.861. The summed E-state index contributed by atoms with van der Waals surface area (Å²) < 4.78 is 10.8. The third-order valence-corrected chi connectivity index (χ3v) is 5.32. The molecule has 0 aliphatic carbocycles. The zero-order chi connectivity index (χ0) is 16.7. The number of hydrogen-bond acceptors (Lipinski definition) is 4. The van der Waals surface area contributed by atoms with E-state index in [0.717, 1.165) is 37.1 Å². The molecular weight excluding hydrogens is 349 g/mol. The monoisotopic (exact) mass is 365 g/mol. The van der Waals surface area contributed by atoms with E-state index >= 15 is 0 Å². The number of likely N-dealkylation sites (tertiary alicyclic amines) is 1. The molecule has 6 heteroatoms. The molecule has 1 saturated heterocycles. The second kappa shape index (κ2) is 6.36. The fourth-order valence-electron chi connectivity index (χ4n) is 3.44. The molecule has 0 bridgehead atoms. The standard InChI is InChI=1S/C18H17Cl2NO3/c19-13-4-3-11(7-14(13)20)18(21-5-1-2-6-21)12-8-16-17(9-15(12)22)24-10-23-16/h3-4,7-9,18,22H,1-2,5-6,10H2/t18-/m0/s1. The second-order valence-corrected chi connectivity index (χ2v) is 6.90. The molecule has 2 aromatic carbocycles. The molecule has 0 spiro atoms. The first-order valence-corrected chi connectivity index (χ1v) is 8.70. The van der Waals surface area contributed by atoms with Gasteiger partial charge in [0.1, 0.15) is 5.75 Å². The van der Waals surface area contributed by atoms with Crippen molar-refractivity contribution < 1.29 is 14.6 Å². The first-order valence-electron chi connectivity index (χ1n) is 7.95. The van der Waals surface area contributed by atoms with E-state index in [9.17, 15) is 5.11 Å². The molecular formula is C18H17Cl2NO3. The van der Waals surface area contributed by atoms with Gasteiger partial charge in [-0.25, -0.2) is 0 Å². The molecule has 24 heavy (non-hydrogen) atoms. The van der Waals surface area contributed by atoms with Crippen LogP contribution in [0.3, 0.4) is 0 Å². The van der Waals surface area contributed by atoms with Crippen LogP contribution in [0.1, 0.15) is 30.0 Å². The molecule has 1 fully saturated rings. The molecule has 1 N–H and O–H groups in total. The summed E-state index contributed by atoms with van der Waals surface area (Å²) in [5.74, 6) is 1.43. The van der Waals surface area contributed by atoms with Crippen molar-refractivity contribution in [3.05, 3.63) is 51.5 Å². The van der Waals surface area contributed by atoms with Gasteiger partial charge in [-0.2, -0.15) is 0 Å². The summed E-state index contributed by atoms with van der Waals surface area (Å²) in [7, 11) is 0. The lowest BCUT2D eigenvalue weighted by molar-refractivity contribution is 0.173. The van der Waals surface area contributed by atoms with E-state index in [0.29, 0.717) is 21.5 Å². The van der Waals surface area contributed by atoms with Gasteiger partial charge in [-0.3, -0.25) is 4.90 Å².